The fourth-order valence-electron chi connectivity index (χ4n) is 2.90. The van der Waals surface area contributed by atoms with Crippen molar-refractivity contribution in [2.45, 2.75) is 25.7 Å². The van der Waals surface area contributed by atoms with E-state index in [0.717, 1.165) is 23.1 Å². The molecule has 1 heterocycles. The van der Waals surface area contributed by atoms with E-state index in [1.807, 2.05) is 30.0 Å². The molecule has 2 aliphatic rings. The van der Waals surface area contributed by atoms with Gasteiger partial charge in [0.05, 0.1) is 17.8 Å². The monoisotopic (exact) mass is 310 g/mol. The SMILES string of the molecule is COc1ccc(Cl)c(NC2=NCC3(CCCC3)CS2)c1. The second-order valence-corrected chi connectivity index (χ2v) is 6.96. The number of rotatable bonds is 2. The zero-order valence-corrected chi connectivity index (χ0v) is 13.2. The summed E-state index contributed by atoms with van der Waals surface area (Å²) >= 11 is 8.03. The average Bonchev–Trinajstić information content (AvgIpc) is 2.92. The Labute approximate surface area is 129 Å². The smallest absolute Gasteiger partial charge is 0.161 e. The summed E-state index contributed by atoms with van der Waals surface area (Å²) in [6, 6.07) is 5.61. The van der Waals surface area contributed by atoms with E-state index in [-0.39, 0.29) is 0 Å². The number of amidine groups is 1. The second-order valence-electron chi connectivity index (χ2n) is 5.59. The van der Waals surface area contributed by atoms with Crippen LogP contribution in [0.2, 0.25) is 5.02 Å². The van der Waals surface area contributed by atoms with Crippen LogP contribution in [-0.2, 0) is 0 Å². The van der Waals surface area contributed by atoms with E-state index in [1.54, 1.807) is 7.11 Å². The molecule has 1 aliphatic carbocycles. The largest absolute Gasteiger partial charge is 0.497 e. The van der Waals surface area contributed by atoms with E-state index in [9.17, 15) is 0 Å². The van der Waals surface area contributed by atoms with Crippen LogP contribution in [0.3, 0.4) is 0 Å². The molecule has 3 nitrogen and oxygen atoms in total. The topological polar surface area (TPSA) is 33.6 Å². The summed E-state index contributed by atoms with van der Waals surface area (Å²) in [6.45, 7) is 0.948. The lowest BCUT2D eigenvalue weighted by Gasteiger charge is -2.31. The molecule has 1 saturated carbocycles. The number of aliphatic imine (C=N–C) groups is 1. The Hall–Kier alpha value is -0.870. The van der Waals surface area contributed by atoms with Crippen LogP contribution >= 0.6 is 23.4 Å². The Morgan fingerprint density at radius 2 is 2.15 bits per heavy atom. The molecule has 0 saturated heterocycles. The molecule has 1 aromatic carbocycles. The van der Waals surface area contributed by atoms with Gasteiger partial charge in [0.2, 0.25) is 0 Å². The molecule has 20 heavy (non-hydrogen) atoms. The molecule has 1 spiro atoms. The first-order valence-electron chi connectivity index (χ1n) is 6.99. The summed E-state index contributed by atoms with van der Waals surface area (Å²) in [7, 11) is 1.66. The molecule has 0 atom stereocenters. The number of anilines is 1. The van der Waals surface area contributed by atoms with E-state index < -0.39 is 0 Å². The van der Waals surface area contributed by atoms with Crippen LogP contribution in [0.4, 0.5) is 5.69 Å². The highest BCUT2D eigenvalue weighted by Gasteiger charge is 2.36. The quantitative estimate of drug-likeness (QED) is 0.877. The first-order chi connectivity index (χ1) is 9.71. The van der Waals surface area contributed by atoms with Crippen molar-refractivity contribution in [1.29, 1.82) is 0 Å². The van der Waals surface area contributed by atoms with Crippen molar-refractivity contribution in [2.24, 2.45) is 10.4 Å². The molecule has 108 valence electrons. The molecule has 0 radical (unpaired) electrons. The van der Waals surface area contributed by atoms with Gasteiger partial charge >= 0.3 is 0 Å². The molecule has 3 rings (SSSR count). The Balaban J connectivity index is 1.71. The fraction of sp³-hybridized carbons (Fsp3) is 0.533. The minimum Gasteiger partial charge on any atom is -0.497 e. The van der Waals surface area contributed by atoms with E-state index in [1.165, 1.54) is 31.4 Å². The van der Waals surface area contributed by atoms with Crippen LogP contribution in [0.15, 0.2) is 23.2 Å². The predicted octanol–water partition coefficient (Wildman–Crippen LogP) is 4.42. The first kappa shape index (κ1) is 14.1. The zero-order valence-electron chi connectivity index (χ0n) is 11.6. The van der Waals surface area contributed by atoms with Crippen molar-refractivity contribution in [3.05, 3.63) is 23.2 Å². The van der Waals surface area contributed by atoms with Crippen molar-refractivity contribution >= 4 is 34.2 Å². The van der Waals surface area contributed by atoms with Crippen LogP contribution in [0.25, 0.3) is 0 Å². The first-order valence-corrected chi connectivity index (χ1v) is 8.35. The lowest BCUT2D eigenvalue weighted by molar-refractivity contribution is 0.359. The minimum atomic E-state index is 0.466. The van der Waals surface area contributed by atoms with Crippen LogP contribution < -0.4 is 10.1 Å². The molecule has 1 aromatic rings. The van der Waals surface area contributed by atoms with Gasteiger partial charge in [0, 0.05) is 18.4 Å². The van der Waals surface area contributed by atoms with Gasteiger partial charge in [-0.3, -0.25) is 4.99 Å². The Morgan fingerprint density at radius 1 is 1.35 bits per heavy atom. The molecule has 1 N–H and O–H groups in total. The van der Waals surface area contributed by atoms with E-state index >= 15 is 0 Å². The molecule has 0 bridgehead atoms. The number of thioether (sulfide) groups is 1. The molecule has 0 aromatic heterocycles. The fourth-order valence-corrected chi connectivity index (χ4v) is 4.22. The van der Waals surface area contributed by atoms with Gasteiger partial charge in [-0.2, -0.15) is 0 Å². The summed E-state index contributed by atoms with van der Waals surface area (Å²) in [5, 5.41) is 4.99. The third-order valence-corrected chi connectivity index (χ3v) is 5.74. The van der Waals surface area contributed by atoms with Crippen molar-refractivity contribution < 1.29 is 4.74 Å². The van der Waals surface area contributed by atoms with Crippen LogP contribution in [-0.4, -0.2) is 24.6 Å². The number of hydrogen-bond donors (Lipinski definition) is 1. The lowest BCUT2D eigenvalue weighted by Crippen LogP contribution is -2.30. The predicted molar refractivity (Wildman–Crippen MR) is 87.3 cm³/mol. The number of ether oxygens (including phenoxy) is 1. The molecule has 0 unspecified atom stereocenters. The van der Waals surface area contributed by atoms with Gasteiger partial charge in [0.1, 0.15) is 5.75 Å². The number of methoxy groups -OCH3 is 1. The molecule has 1 fully saturated rings. The summed E-state index contributed by atoms with van der Waals surface area (Å²) in [4.78, 5) is 4.73. The Kier molecular flexibility index (Phi) is 4.13. The maximum Gasteiger partial charge on any atom is 0.161 e. The molecular weight excluding hydrogens is 292 g/mol. The average molecular weight is 311 g/mol. The van der Waals surface area contributed by atoms with Crippen molar-refractivity contribution in [2.75, 3.05) is 24.7 Å². The van der Waals surface area contributed by atoms with E-state index in [2.05, 4.69) is 5.32 Å². The lowest BCUT2D eigenvalue weighted by atomic mass is 9.89. The molecule has 5 heteroatoms. The normalized spacial score (nSPS) is 20.8. The van der Waals surface area contributed by atoms with Gasteiger partial charge in [-0.1, -0.05) is 36.2 Å². The summed E-state index contributed by atoms with van der Waals surface area (Å²) < 4.78 is 5.23. The van der Waals surface area contributed by atoms with Gasteiger partial charge in [-0.25, -0.2) is 0 Å². The summed E-state index contributed by atoms with van der Waals surface area (Å²) in [5.41, 5.74) is 1.33. The van der Waals surface area contributed by atoms with Gasteiger partial charge in [0.25, 0.3) is 0 Å². The van der Waals surface area contributed by atoms with E-state index in [0.29, 0.717) is 10.4 Å². The standard InChI is InChI=1S/C15H19ClN2OS/c1-19-11-4-5-12(16)13(8-11)18-14-17-9-15(10-20-14)6-2-3-7-15/h4-5,8H,2-3,6-7,9-10H2,1H3,(H,17,18). The third-order valence-electron chi connectivity index (χ3n) is 4.15. The van der Waals surface area contributed by atoms with Crippen LogP contribution in [0.5, 0.6) is 5.75 Å². The summed E-state index contributed by atoms with van der Waals surface area (Å²) in [6.07, 6.45) is 5.38. The number of hydrogen-bond acceptors (Lipinski definition) is 4. The van der Waals surface area contributed by atoms with Crippen molar-refractivity contribution in [1.82, 2.24) is 0 Å². The van der Waals surface area contributed by atoms with Crippen molar-refractivity contribution in [3.8, 4) is 5.75 Å². The maximum absolute atomic E-state index is 6.21. The highest BCUT2D eigenvalue weighted by Crippen LogP contribution is 2.43. The molecule has 0 amide bonds. The van der Waals surface area contributed by atoms with Crippen LogP contribution in [0.1, 0.15) is 25.7 Å². The second kappa shape index (κ2) is 5.86. The van der Waals surface area contributed by atoms with Gasteiger partial charge in [-0.05, 0) is 30.4 Å². The minimum absolute atomic E-state index is 0.466. The zero-order chi connectivity index (χ0) is 14.0. The number of nitrogens with one attached hydrogen (secondary N) is 1. The Morgan fingerprint density at radius 3 is 2.80 bits per heavy atom. The van der Waals surface area contributed by atoms with Gasteiger partial charge in [0.15, 0.2) is 5.17 Å². The van der Waals surface area contributed by atoms with E-state index in [4.69, 9.17) is 21.3 Å². The Bertz CT molecular complexity index is 527. The summed E-state index contributed by atoms with van der Waals surface area (Å²) in [5.74, 6) is 1.96. The highest BCUT2D eigenvalue weighted by atomic mass is 35.5. The number of halogens is 1. The van der Waals surface area contributed by atoms with Gasteiger partial charge < -0.3 is 10.1 Å². The van der Waals surface area contributed by atoms with Crippen LogP contribution in [0, 0.1) is 5.41 Å². The van der Waals surface area contributed by atoms with Gasteiger partial charge in [-0.15, -0.1) is 0 Å². The third kappa shape index (κ3) is 2.91. The number of benzene rings is 1. The molecular formula is C15H19ClN2OS. The highest BCUT2D eigenvalue weighted by molar-refractivity contribution is 8.14. The van der Waals surface area contributed by atoms with Crippen molar-refractivity contribution in [3.63, 3.8) is 0 Å². The number of nitrogens with zero attached hydrogens (tertiary/aromatic N) is 1. The molecule has 1 aliphatic heterocycles. The maximum atomic E-state index is 6.21.